The largest absolute Gasteiger partial charge is 0.330 e. The second kappa shape index (κ2) is 5.60. The molecule has 1 fully saturated rings. The van der Waals surface area contributed by atoms with Crippen LogP contribution in [0.2, 0.25) is 5.02 Å². The van der Waals surface area contributed by atoms with E-state index in [1.807, 2.05) is 6.07 Å². The number of amides is 1. The lowest BCUT2D eigenvalue weighted by Gasteiger charge is -2.40. The Balaban J connectivity index is 2.05. The van der Waals surface area contributed by atoms with E-state index in [1.54, 1.807) is 18.2 Å². The van der Waals surface area contributed by atoms with Crippen LogP contribution in [0.3, 0.4) is 0 Å². The quantitative estimate of drug-likeness (QED) is 0.888. The van der Waals surface area contributed by atoms with E-state index >= 15 is 0 Å². The fraction of sp³-hybridized carbons (Fsp3) is 0.429. The minimum Gasteiger partial charge on any atom is -0.330 e. The first-order chi connectivity index (χ1) is 9.08. The minimum atomic E-state index is -0.0952. The first-order valence-electron chi connectivity index (χ1n) is 6.28. The lowest BCUT2D eigenvalue weighted by Crippen LogP contribution is -2.40. The van der Waals surface area contributed by atoms with Crippen LogP contribution in [0, 0.1) is 16.7 Å². The van der Waals surface area contributed by atoms with Gasteiger partial charge in [-0.05, 0) is 43.0 Å². The third-order valence-corrected chi connectivity index (χ3v) is 4.08. The van der Waals surface area contributed by atoms with Crippen LogP contribution >= 0.6 is 11.6 Å². The van der Waals surface area contributed by atoms with Crippen molar-refractivity contribution in [2.45, 2.75) is 25.7 Å². The summed E-state index contributed by atoms with van der Waals surface area (Å²) in [5, 5.41) is 12.0. The number of carbonyl (C=O) groups is 1. The molecular weight excluding hydrogens is 262 g/mol. The van der Waals surface area contributed by atoms with E-state index in [9.17, 15) is 4.79 Å². The molecule has 0 radical (unpaired) electrons. The van der Waals surface area contributed by atoms with Gasteiger partial charge in [-0.2, -0.15) is 5.26 Å². The van der Waals surface area contributed by atoms with Crippen LogP contribution in [-0.2, 0) is 4.79 Å². The van der Waals surface area contributed by atoms with Crippen molar-refractivity contribution in [3.05, 3.63) is 28.8 Å². The Morgan fingerprint density at radius 3 is 2.79 bits per heavy atom. The summed E-state index contributed by atoms with van der Waals surface area (Å²) in [7, 11) is 0. The lowest BCUT2D eigenvalue weighted by atomic mass is 9.66. The SMILES string of the molecule is N#Cc1ccc(Cl)c(NC(=O)CC2(CN)CCC2)c1. The summed E-state index contributed by atoms with van der Waals surface area (Å²) >= 11 is 6.00. The smallest absolute Gasteiger partial charge is 0.225 e. The van der Waals surface area contributed by atoms with Crippen molar-refractivity contribution >= 4 is 23.2 Å². The summed E-state index contributed by atoms with van der Waals surface area (Å²) in [6, 6.07) is 6.82. The van der Waals surface area contributed by atoms with E-state index in [1.165, 1.54) is 0 Å². The van der Waals surface area contributed by atoms with Crippen LogP contribution in [-0.4, -0.2) is 12.5 Å². The topological polar surface area (TPSA) is 78.9 Å². The second-order valence-electron chi connectivity index (χ2n) is 5.09. The molecule has 1 aromatic carbocycles. The van der Waals surface area contributed by atoms with Gasteiger partial charge in [0.25, 0.3) is 0 Å². The summed E-state index contributed by atoms with van der Waals surface area (Å²) in [6.45, 7) is 0.534. The Morgan fingerprint density at radius 2 is 2.26 bits per heavy atom. The molecule has 0 atom stereocenters. The van der Waals surface area contributed by atoms with E-state index in [2.05, 4.69) is 5.32 Å². The average molecular weight is 278 g/mol. The first kappa shape index (κ1) is 13.9. The van der Waals surface area contributed by atoms with Crippen molar-refractivity contribution in [3.8, 4) is 6.07 Å². The van der Waals surface area contributed by atoms with Crippen LogP contribution < -0.4 is 11.1 Å². The number of halogens is 1. The van der Waals surface area contributed by atoms with Gasteiger partial charge in [0.1, 0.15) is 0 Å². The number of nitrogens with two attached hydrogens (primary N) is 1. The molecule has 3 N–H and O–H groups in total. The van der Waals surface area contributed by atoms with E-state index in [0.29, 0.717) is 29.2 Å². The minimum absolute atomic E-state index is 0.0383. The van der Waals surface area contributed by atoms with Crippen molar-refractivity contribution in [2.24, 2.45) is 11.1 Å². The highest BCUT2D eigenvalue weighted by Crippen LogP contribution is 2.43. The molecule has 1 aliphatic rings. The summed E-state index contributed by atoms with van der Waals surface area (Å²) in [6.07, 6.45) is 3.55. The predicted octanol–water partition coefficient (Wildman–Crippen LogP) is 2.67. The van der Waals surface area contributed by atoms with Gasteiger partial charge in [0, 0.05) is 6.42 Å². The van der Waals surface area contributed by atoms with E-state index in [4.69, 9.17) is 22.6 Å². The van der Waals surface area contributed by atoms with Crippen LogP contribution in [0.15, 0.2) is 18.2 Å². The fourth-order valence-corrected chi connectivity index (χ4v) is 2.52. The maximum atomic E-state index is 12.0. The molecule has 1 amide bonds. The van der Waals surface area contributed by atoms with Crippen molar-refractivity contribution in [1.82, 2.24) is 0 Å². The van der Waals surface area contributed by atoms with Gasteiger partial charge in [0.05, 0.1) is 22.3 Å². The number of rotatable bonds is 4. The maximum absolute atomic E-state index is 12.0. The Hall–Kier alpha value is -1.57. The van der Waals surface area contributed by atoms with Crippen molar-refractivity contribution in [2.75, 3.05) is 11.9 Å². The highest BCUT2D eigenvalue weighted by molar-refractivity contribution is 6.33. The normalized spacial score (nSPS) is 16.3. The third-order valence-electron chi connectivity index (χ3n) is 3.75. The Morgan fingerprint density at radius 1 is 1.53 bits per heavy atom. The maximum Gasteiger partial charge on any atom is 0.225 e. The molecule has 2 rings (SSSR count). The fourth-order valence-electron chi connectivity index (χ4n) is 2.36. The molecule has 0 spiro atoms. The second-order valence-corrected chi connectivity index (χ2v) is 5.50. The number of nitrogens with one attached hydrogen (secondary N) is 1. The summed E-state index contributed by atoms with van der Waals surface area (Å²) in [4.78, 5) is 12.0. The van der Waals surface area contributed by atoms with Crippen LogP contribution in [0.5, 0.6) is 0 Å². The van der Waals surface area contributed by atoms with Gasteiger partial charge in [-0.3, -0.25) is 4.79 Å². The Labute approximate surface area is 117 Å². The van der Waals surface area contributed by atoms with Gasteiger partial charge >= 0.3 is 0 Å². The van der Waals surface area contributed by atoms with Gasteiger partial charge in [0.2, 0.25) is 5.91 Å². The van der Waals surface area contributed by atoms with E-state index < -0.39 is 0 Å². The Kier molecular flexibility index (Phi) is 4.08. The summed E-state index contributed by atoms with van der Waals surface area (Å²) in [5.74, 6) is -0.0952. The zero-order valence-corrected chi connectivity index (χ0v) is 11.3. The van der Waals surface area contributed by atoms with Gasteiger partial charge in [-0.25, -0.2) is 0 Å². The number of nitrogens with zero attached hydrogens (tertiary/aromatic N) is 1. The molecular formula is C14H16ClN3O. The molecule has 0 bridgehead atoms. The monoisotopic (exact) mass is 277 g/mol. The highest BCUT2D eigenvalue weighted by Gasteiger charge is 2.37. The summed E-state index contributed by atoms with van der Waals surface area (Å²) in [5.41, 5.74) is 6.65. The number of hydrogen-bond acceptors (Lipinski definition) is 3. The predicted molar refractivity (Wildman–Crippen MR) is 74.8 cm³/mol. The van der Waals surface area contributed by atoms with Crippen molar-refractivity contribution in [3.63, 3.8) is 0 Å². The molecule has 5 heteroatoms. The first-order valence-corrected chi connectivity index (χ1v) is 6.66. The molecule has 1 aliphatic carbocycles. The van der Waals surface area contributed by atoms with Gasteiger partial charge in [-0.15, -0.1) is 0 Å². The van der Waals surface area contributed by atoms with Crippen molar-refractivity contribution < 1.29 is 4.79 Å². The van der Waals surface area contributed by atoms with Crippen LogP contribution in [0.1, 0.15) is 31.2 Å². The van der Waals surface area contributed by atoms with Gasteiger partial charge in [0.15, 0.2) is 0 Å². The standard InChI is InChI=1S/C14H16ClN3O/c15-11-3-2-10(8-16)6-12(11)18-13(19)7-14(9-17)4-1-5-14/h2-3,6H,1,4-5,7,9,17H2,(H,18,19). The zero-order valence-electron chi connectivity index (χ0n) is 10.6. The molecule has 0 unspecified atom stereocenters. The molecule has 4 nitrogen and oxygen atoms in total. The van der Waals surface area contributed by atoms with Crippen molar-refractivity contribution in [1.29, 1.82) is 5.26 Å². The molecule has 0 saturated heterocycles. The number of hydrogen-bond donors (Lipinski definition) is 2. The Bertz CT molecular complexity index is 526. The van der Waals surface area contributed by atoms with E-state index in [-0.39, 0.29) is 11.3 Å². The summed E-state index contributed by atoms with van der Waals surface area (Å²) < 4.78 is 0. The van der Waals surface area contributed by atoms with E-state index in [0.717, 1.165) is 19.3 Å². The average Bonchev–Trinajstić information content (AvgIpc) is 2.36. The number of benzene rings is 1. The number of nitriles is 1. The lowest BCUT2D eigenvalue weighted by molar-refractivity contribution is -0.119. The molecule has 100 valence electrons. The van der Waals surface area contributed by atoms with Crippen LogP contribution in [0.4, 0.5) is 5.69 Å². The molecule has 0 aliphatic heterocycles. The van der Waals surface area contributed by atoms with Gasteiger partial charge in [-0.1, -0.05) is 18.0 Å². The molecule has 0 heterocycles. The molecule has 0 aromatic heterocycles. The zero-order chi connectivity index (χ0) is 13.9. The van der Waals surface area contributed by atoms with Gasteiger partial charge < -0.3 is 11.1 Å². The number of carbonyl (C=O) groups excluding carboxylic acids is 1. The van der Waals surface area contributed by atoms with Crippen LogP contribution in [0.25, 0.3) is 0 Å². The third kappa shape index (κ3) is 3.06. The number of anilines is 1. The molecule has 19 heavy (non-hydrogen) atoms. The molecule has 1 saturated carbocycles. The molecule has 1 aromatic rings. The highest BCUT2D eigenvalue weighted by atomic mass is 35.5.